The minimum Gasteiger partial charge on any atom is -0.427 e. The number of nitro groups is 1. The highest BCUT2D eigenvalue weighted by atomic mass is 16.7. The van der Waals surface area contributed by atoms with Crippen molar-refractivity contribution in [3.8, 4) is 5.75 Å². The van der Waals surface area contributed by atoms with Crippen molar-refractivity contribution < 1.29 is 57.7 Å². The van der Waals surface area contributed by atoms with Gasteiger partial charge in [0, 0.05) is 71.5 Å². The molecule has 15 nitrogen and oxygen atoms in total. The lowest BCUT2D eigenvalue weighted by Crippen LogP contribution is -2.37. The van der Waals surface area contributed by atoms with Gasteiger partial charge in [-0.1, -0.05) is 41.5 Å². The standard InChI is InChI=1S/C12H26O4.C8H7NO4.C5H12O2.C4H5NO3.C4H10.C2H6/c1-6-13-11(14-7-2)10(5)12(15-8-3)16-9-4;1-6(10)13-8-4-2-7(3-5-8)9(11)12;1-3-6-5-7-4-2;6-3-1-2-4(7)5(3)8;1-4(2)3;1-2/h10-12H,6-9H2,1-5H3;2-5H,1H3;3-5H2,1-2H3;8H,1-2H2;4H,1-3H3;1-2H3. The fraction of sp³-hybridized carbons (Fsp3) is 0.743. The summed E-state index contributed by atoms with van der Waals surface area (Å²) >= 11 is 0. The van der Waals surface area contributed by atoms with Gasteiger partial charge in [0.2, 0.25) is 0 Å². The Labute approximate surface area is 299 Å². The van der Waals surface area contributed by atoms with E-state index >= 15 is 0 Å². The molecule has 15 heteroatoms. The summed E-state index contributed by atoms with van der Waals surface area (Å²) in [7, 11) is 0. The number of esters is 1. The molecule has 1 fully saturated rings. The molecule has 0 aliphatic carbocycles. The number of carbonyl (C=O) groups is 3. The molecule has 0 radical (unpaired) electrons. The van der Waals surface area contributed by atoms with Crippen molar-refractivity contribution in [1.82, 2.24) is 5.06 Å². The summed E-state index contributed by atoms with van der Waals surface area (Å²) in [5.74, 6) is -0.267. The van der Waals surface area contributed by atoms with Gasteiger partial charge in [0.1, 0.15) is 12.5 Å². The molecule has 2 rings (SSSR count). The van der Waals surface area contributed by atoms with E-state index in [0.717, 1.165) is 19.1 Å². The minimum absolute atomic E-state index is 0.0316. The third-order valence-electron chi connectivity index (χ3n) is 5.09. The largest absolute Gasteiger partial charge is 0.427 e. The van der Waals surface area contributed by atoms with Crippen LogP contribution in [0.5, 0.6) is 5.75 Å². The van der Waals surface area contributed by atoms with Crippen LogP contribution >= 0.6 is 0 Å². The Balaban J connectivity index is -0.000000278. The number of non-ortho nitro benzene ring substituents is 1. The molecule has 50 heavy (non-hydrogen) atoms. The van der Waals surface area contributed by atoms with Crippen LogP contribution in [-0.4, -0.2) is 92.0 Å². The number of ether oxygens (including phenoxy) is 7. The topological polar surface area (TPSA) is 182 Å². The second-order valence-corrected chi connectivity index (χ2v) is 10.2. The molecule has 1 aliphatic rings. The van der Waals surface area contributed by atoms with Crippen molar-refractivity contribution in [1.29, 1.82) is 0 Å². The van der Waals surface area contributed by atoms with Crippen LogP contribution in [0.15, 0.2) is 24.3 Å². The molecule has 1 heterocycles. The number of hydrogen-bond donors (Lipinski definition) is 1. The van der Waals surface area contributed by atoms with Crippen LogP contribution in [0.4, 0.5) is 5.69 Å². The van der Waals surface area contributed by atoms with E-state index in [4.69, 9.17) is 33.6 Å². The predicted octanol–water partition coefficient (Wildman–Crippen LogP) is 7.17. The molecule has 1 saturated heterocycles. The van der Waals surface area contributed by atoms with Crippen LogP contribution in [0.2, 0.25) is 0 Å². The summed E-state index contributed by atoms with van der Waals surface area (Å²) in [4.78, 5) is 40.7. The van der Waals surface area contributed by atoms with Gasteiger partial charge in [0.25, 0.3) is 17.5 Å². The highest BCUT2D eigenvalue weighted by molar-refractivity contribution is 6.00. The van der Waals surface area contributed by atoms with Crippen LogP contribution in [0, 0.1) is 22.0 Å². The van der Waals surface area contributed by atoms with Gasteiger partial charge in [-0.3, -0.25) is 29.7 Å². The van der Waals surface area contributed by atoms with Gasteiger partial charge in [-0.15, -0.1) is 0 Å². The van der Waals surface area contributed by atoms with Crippen molar-refractivity contribution >= 4 is 23.5 Å². The zero-order valence-electron chi connectivity index (χ0n) is 32.7. The predicted molar refractivity (Wildman–Crippen MR) is 191 cm³/mol. The maximum atomic E-state index is 10.5. The molecule has 1 aromatic rings. The van der Waals surface area contributed by atoms with Crippen LogP contribution in [0.3, 0.4) is 0 Å². The second kappa shape index (κ2) is 37.2. The van der Waals surface area contributed by atoms with Crippen molar-refractivity contribution in [2.75, 3.05) is 46.4 Å². The molecule has 0 spiro atoms. The van der Waals surface area contributed by atoms with Gasteiger partial charge in [-0.25, -0.2) is 0 Å². The summed E-state index contributed by atoms with van der Waals surface area (Å²) < 4.78 is 36.5. The van der Waals surface area contributed by atoms with E-state index in [-0.39, 0.29) is 42.1 Å². The van der Waals surface area contributed by atoms with E-state index < -0.39 is 22.7 Å². The Bertz CT molecular complexity index is 912. The Morgan fingerprint density at radius 3 is 1.32 bits per heavy atom. The van der Waals surface area contributed by atoms with Crippen LogP contribution in [-0.2, 0) is 42.8 Å². The fourth-order valence-corrected chi connectivity index (χ4v) is 3.08. The molecule has 1 aromatic carbocycles. The molecule has 0 saturated carbocycles. The number of carbonyl (C=O) groups excluding carboxylic acids is 3. The van der Waals surface area contributed by atoms with Crippen molar-refractivity contribution in [3.05, 3.63) is 34.4 Å². The van der Waals surface area contributed by atoms with E-state index in [0.29, 0.717) is 39.0 Å². The number of rotatable bonds is 16. The van der Waals surface area contributed by atoms with Gasteiger partial charge in [-0.2, -0.15) is 5.06 Å². The first-order chi connectivity index (χ1) is 23.7. The third kappa shape index (κ3) is 32.2. The SMILES string of the molecule is CC.CC(=O)Oc1ccc([N+](=O)[O-])cc1.CC(C)C.CCOC(OCC)C(C)C(OCC)OCC.CCOCOCC.O=C1CCC(=O)N1O. The van der Waals surface area contributed by atoms with E-state index in [1.54, 1.807) is 0 Å². The van der Waals surface area contributed by atoms with Crippen LogP contribution in [0.25, 0.3) is 0 Å². The monoisotopic (exact) mass is 722 g/mol. The summed E-state index contributed by atoms with van der Waals surface area (Å²) in [5.41, 5.74) is -0.0316. The van der Waals surface area contributed by atoms with E-state index in [9.17, 15) is 24.5 Å². The molecule has 1 N–H and O–H groups in total. The Morgan fingerprint density at radius 1 is 0.760 bits per heavy atom. The summed E-state index contributed by atoms with van der Waals surface area (Å²) in [6, 6.07) is 5.30. The smallest absolute Gasteiger partial charge is 0.308 e. The summed E-state index contributed by atoms with van der Waals surface area (Å²) in [6.45, 7) is 29.9. The van der Waals surface area contributed by atoms with Crippen molar-refractivity contribution in [3.63, 3.8) is 0 Å². The first-order valence-corrected chi connectivity index (χ1v) is 17.3. The fourth-order valence-electron chi connectivity index (χ4n) is 3.08. The van der Waals surface area contributed by atoms with Crippen LogP contribution < -0.4 is 4.74 Å². The van der Waals surface area contributed by atoms with Gasteiger partial charge in [0.15, 0.2) is 12.6 Å². The van der Waals surface area contributed by atoms with Gasteiger partial charge in [-0.05, 0) is 59.6 Å². The van der Waals surface area contributed by atoms with E-state index in [2.05, 4.69) is 25.5 Å². The maximum absolute atomic E-state index is 10.5. The van der Waals surface area contributed by atoms with Crippen molar-refractivity contribution in [2.24, 2.45) is 11.8 Å². The molecule has 0 unspecified atom stereocenters. The number of hydrogen-bond acceptors (Lipinski definition) is 13. The number of benzene rings is 1. The van der Waals surface area contributed by atoms with Crippen molar-refractivity contribution in [2.45, 2.75) is 115 Å². The number of nitro benzene ring substituents is 1. The average molecular weight is 723 g/mol. The summed E-state index contributed by atoms with van der Waals surface area (Å²) in [6.07, 6.45) is -0.235. The highest BCUT2D eigenvalue weighted by Crippen LogP contribution is 2.18. The Morgan fingerprint density at radius 2 is 1.10 bits per heavy atom. The first kappa shape index (κ1) is 53.7. The first-order valence-electron chi connectivity index (χ1n) is 17.3. The second-order valence-electron chi connectivity index (χ2n) is 10.2. The van der Waals surface area contributed by atoms with Gasteiger partial charge in [0.05, 0.1) is 10.8 Å². The quantitative estimate of drug-likeness (QED) is 0.0265. The Hall–Kier alpha value is -3.05. The lowest BCUT2D eigenvalue weighted by atomic mass is 10.1. The minimum atomic E-state index is -0.516. The zero-order valence-corrected chi connectivity index (χ0v) is 32.7. The highest BCUT2D eigenvalue weighted by Gasteiger charge is 2.28. The molecular weight excluding hydrogens is 656 g/mol. The number of nitrogens with zero attached hydrogens (tertiary/aromatic N) is 2. The number of imide groups is 1. The molecular formula is C35H66N2O13. The van der Waals surface area contributed by atoms with Gasteiger partial charge >= 0.3 is 5.97 Å². The normalized spacial score (nSPS) is 11.7. The molecule has 1 aliphatic heterocycles. The molecule has 0 bridgehead atoms. The average Bonchev–Trinajstić information content (AvgIpc) is 3.36. The van der Waals surface area contributed by atoms with Gasteiger partial charge < -0.3 is 33.2 Å². The number of hydroxylamine groups is 2. The molecule has 294 valence electrons. The van der Waals surface area contributed by atoms with Crippen LogP contribution in [0.1, 0.15) is 103 Å². The summed E-state index contributed by atoms with van der Waals surface area (Å²) in [5, 5.41) is 18.8. The number of amides is 2. The molecule has 0 aromatic heterocycles. The molecule has 2 amide bonds. The zero-order chi connectivity index (χ0) is 39.5. The Kier molecular flexibility index (Phi) is 40.0. The molecule has 0 atom stereocenters. The van der Waals surface area contributed by atoms with E-state index in [1.807, 2.05) is 62.3 Å². The lowest BCUT2D eigenvalue weighted by molar-refractivity contribution is -0.384. The maximum Gasteiger partial charge on any atom is 0.308 e. The lowest BCUT2D eigenvalue weighted by Gasteiger charge is -2.29. The third-order valence-corrected chi connectivity index (χ3v) is 5.09. The van der Waals surface area contributed by atoms with E-state index in [1.165, 1.54) is 31.2 Å².